The molecule has 0 saturated carbocycles. The van der Waals surface area contributed by atoms with Gasteiger partial charge in [-0.25, -0.2) is 4.79 Å². The van der Waals surface area contributed by atoms with E-state index in [0.29, 0.717) is 25.8 Å². The van der Waals surface area contributed by atoms with Gasteiger partial charge >= 0.3 is 12.1 Å². The van der Waals surface area contributed by atoms with Crippen LogP contribution in [0.5, 0.6) is 0 Å². The van der Waals surface area contributed by atoms with Crippen molar-refractivity contribution < 1.29 is 24.2 Å². The Bertz CT molecular complexity index is 1020. The fourth-order valence-corrected chi connectivity index (χ4v) is 5.36. The highest BCUT2D eigenvalue weighted by Gasteiger charge is 2.30. The molecule has 2 atom stereocenters. The molecule has 1 saturated heterocycles. The van der Waals surface area contributed by atoms with E-state index in [9.17, 15) is 14.4 Å². The zero-order valence-corrected chi connectivity index (χ0v) is 20.2. The number of carbonyl (C=O) groups is 3. The number of fused-ring (bicyclic) bond motifs is 3. The molecule has 1 aliphatic heterocycles. The lowest BCUT2D eigenvalue weighted by Gasteiger charge is -2.35. The predicted molar refractivity (Wildman–Crippen MR) is 133 cm³/mol. The molecule has 1 unspecified atom stereocenters. The number of carbonyl (C=O) groups excluding carboxylic acids is 2. The summed E-state index contributed by atoms with van der Waals surface area (Å²) in [5.74, 6) is -0.843. The van der Waals surface area contributed by atoms with E-state index in [1.807, 2.05) is 31.2 Å². The van der Waals surface area contributed by atoms with Crippen molar-refractivity contribution in [2.24, 2.45) is 0 Å². The predicted octanol–water partition coefficient (Wildman–Crippen LogP) is 4.94. The van der Waals surface area contributed by atoms with Crippen LogP contribution in [0.25, 0.3) is 11.1 Å². The van der Waals surface area contributed by atoms with E-state index in [1.165, 1.54) is 22.3 Å². The molecule has 2 aliphatic rings. The standard InChI is InChI=1S/C28H34N2O5/c1-19(9-8-15-26(31)30-16-7-6-10-20(30)17-27(32)33)29-28(34)35-18-25-23-13-4-2-11-21(23)22-12-3-5-14-24(22)25/h2-5,11-14,19-20,25H,6-10,15-18H2,1H3,(H,29,34)(H,32,33)/t19?,20-/m1/s1. The Morgan fingerprint density at radius 2 is 1.71 bits per heavy atom. The summed E-state index contributed by atoms with van der Waals surface area (Å²) in [6, 6.07) is 16.1. The van der Waals surface area contributed by atoms with Crippen LogP contribution in [0.2, 0.25) is 0 Å². The van der Waals surface area contributed by atoms with Crippen LogP contribution in [0.1, 0.15) is 68.9 Å². The smallest absolute Gasteiger partial charge is 0.407 e. The Hall–Kier alpha value is -3.35. The van der Waals surface area contributed by atoms with Gasteiger partial charge in [0.1, 0.15) is 6.61 Å². The zero-order valence-electron chi connectivity index (χ0n) is 20.2. The van der Waals surface area contributed by atoms with Crippen molar-refractivity contribution in [3.63, 3.8) is 0 Å². The summed E-state index contributed by atoms with van der Waals surface area (Å²) in [6.45, 7) is 2.80. The maximum atomic E-state index is 12.7. The van der Waals surface area contributed by atoms with Gasteiger partial charge in [0.2, 0.25) is 5.91 Å². The number of carboxylic acid groups (broad SMARTS) is 1. The third-order valence-corrected chi connectivity index (χ3v) is 7.09. The monoisotopic (exact) mass is 478 g/mol. The number of hydrogen-bond acceptors (Lipinski definition) is 4. The molecule has 1 heterocycles. The van der Waals surface area contributed by atoms with Crippen LogP contribution in [-0.2, 0) is 14.3 Å². The fourth-order valence-electron chi connectivity index (χ4n) is 5.36. The van der Waals surface area contributed by atoms with Gasteiger partial charge in [-0.2, -0.15) is 0 Å². The van der Waals surface area contributed by atoms with Crippen LogP contribution in [0.15, 0.2) is 48.5 Å². The number of hydrogen-bond donors (Lipinski definition) is 2. The summed E-state index contributed by atoms with van der Waals surface area (Å²) in [5, 5.41) is 12.0. The molecule has 2 N–H and O–H groups in total. The molecule has 7 nitrogen and oxygen atoms in total. The van der Waals surface area contributed by atoms with Gasteiger partial charge in [0.05, 0.1) is 6.42 Å². The molecule has 2 aromatic carbocycles. The molecule has 0 spiro atoms. The van der Waals surface area contributed by atoms with Gasteiger partial charge in [-0.15, -0.1) is 0 Å². The van der Waals surface area contributed by atoms with Gasteiger partial charge in [-0.3, -0.25) is 9.59 Å². The second-order valence-electron chi connectivity index (χ2n) is 9.60. The first kappa shape index (κ1) is 24.8. The molecule has 35 heavy (non-hydrogen) atoms. The lowest BCUT2D eigenvalue weighted by molar-refractivity contribution is -0.142. The van der Waals surface area contributed by atoms with Crippen LogP contribution in [0, 0.1) is 0 Å². The highest BCUT2D eigenvalue weighted by Crippen LogP contribution is 2.44. The molecule has 7 heteroatoms. The number of aliphatic carboxylic acids is 1. The molecule has 2 amide bonds. The lowest BCUT2D eigenvalue weighted by atomic mass is 9.98. The minimum atomic E-state index is -0.865. The van der Waals surface area contributed by atoms with Gasteiger partial charge in [0.15, 0.2) is 0 Å². The summed E-state index contributed by atoms with van der Waals surface area (Å²) in [6.07, 6.45) is 3.80. The third kappa shape index (κ3) is 6.02. The van der Waals surface area contributed by atoms with E-state index in [2.05, 4.69) is 29.6 Å². The number of nitrogens with zero attached hydrogens (tertiary/aromatic N) is 1. The molecule has 0 bridgehead atoms. The average molecular weight is 479 g/mol. The number of nitrogens with one attached hydrogen (secondary N) is 1. The number of piperidine rings is 1. The topological polar surface area (TPSA) is 95.9 Å². The Labute approximate surface area is 206 Å². The first-order chi connectivity index (χ1) is 16.9. The first-order valence-electron chi connectivity index (χ1n) is 12.6. The number of amides is 2. The van der Waals surface area contributed by atoms with Crippen LogP contribution >= 0.6 is 0 Å². The SMILES string of the molecule is CC(CCCC(=O)N1CCCC[C@@H]1CC(=O)O)NC(=O)OCC1c2ccccc2-c2ccccc21. The lowest BCUT2D eigenvalue weighted by Crippen LogP contribution is -2.44. The van der Waals surface area contributed by atoms with Gasteiger partial charge in [-0.1, -0.05) is 48.5 Å². The molecule has 1 fully saturated rings. The minimum absolute atomic E-state index is 0.00397. The second-order valence-corrected chi connectivity index (χ2v) is 9.60. The van der Waals surface area contributed by atoms with E-state index < -0.39 is 12.1 Å². The average Bonchev–Trinajstić information content (AvgIpc) is 3.16. The Morgan fingerprint density at radius 1 is 1.06 bits per heavy atom. The number of benzene rings is 2. The molecule has 0 aromatic heterocycles. The summed E-state index contributed by atoms with van der Waals surface area (Å²) in [4.78, 5) is 38.0. The Morgan fingerprint density at radius 3 is 2.37 bits per heavy atom. The summed E-state index contributed by atoms with van der Waals surface area (Å²) >= 11 is 0. The minimum Gasteiger partial charge on any atom is -0.481 e. The fraction of sp³-hybridized carbons (Fsp3) is 0.464. The van der Waals surface area contributed by atoms with Crippen molar-refractivity contribution in [2.45, 2.75) is 69.9 Å². The van der Waals surface area contributed by atoms with Gasteiger partial charge in [0.25, 0.3) is 0 Å². The maximum absolute atomic E-state index is 12.7. The van der Waals surface area contributed by atoms with E-state index in [4.69, 9.17) is 9.84 Å². The normalized spacial score (nSPS) is 17.9. The van der Waals surface area contributed by atoms with E-state index in [0.717, 1.165) is 19.3 Å². The van der Waals surface area contributed by atoms with Crippen LogP contribution in [0.3, 0.4) is 0 Å². The Balaban J connectivity index is 1.22. The van der Waals surface area contributed by atoms with E-state index in [-0.39, 0.29) is 36.9 Å². The van der Waals surface area contributed by atoms with Crippen LogP contribution in [-0.4, -0.2) is 53.2 Å². The summed E-state index contributed by atoms with van der Waals surface area (Å²) in [7, 11) is 0. The van der Waals surface area contributed by atoms with Crippen molar-refractivity contribution >= 4 is 18.0 Å². The molecule has 4 rings (SSSR count). The molecule has 0 radical (unpaired) electrons. The number of ether oxygens (including phenoxy) is 1. The van der Waals surface area contributed by atoms with E-state index >= 15 is 0 Å². The zero-order chi connectivity index (χ0) is 24.8. The van der Waals surface area contributed by atoms with E-state index in [1.54, 1.807) is 4.90 Å². The third-order valence-electron chi connectivity index (χ3n) is 7.09. The van der Waals surface area contributed by atoms with Crippen LogP contribution in [0.4, 0.5) is 4.79 Å². The largest absolute Gasteiger partial charge is 0.481 e. The summed E-state index contributed by atoms with van der Waals surface area (Å²) in [5.41, 5.74) is 4.72. The quantitative estimate of drug-likeness (QED) is 0.532. The van der Waals surface area contributed by atoms with Crippen molar-refractivity contribution in [3.8, 4) is 11.1 Å². The maximum Gasteiger partial charge on any atom is 0.407 e. The molecular weight excluding hydrogens is 444 g/mol. The first-order valence-corrected chi connectivity index (χ1v) is 12.6. The molecule has 186 valence electrons. The second kappa shape index (κ2) is 11.4. The molecular formula is C28H34N2O5. The highest BCUT2D eigenvalue weighted by atomic mass is 16.5. The Kier molecular flexibility index (Phi) is 8.06. The number of likely N-dealkylation sites (tertiary alicyclic amines) is 1. The van der Waals surface area contributed by atoms with Gasteiger partial charge in [-0.05, 0) is 61.3 Å². The summed E-state index contributed by atoms with van der Waals surface area (Å²) < 4.78 is 5.60. The van der Waals surface area contributed by atoms with Crippen LogP contribution < -0.4 is 5.32 Å². The van der Waals surface area contributed by atoms with Crippen molar-refractivity contribution in [1.82, 2.24) is 10.2 Å². The highest BCUT2D eigenvalue weighted by molar-refractivity contribution is 5.79. The number of rotatable bonds is 9. The van der Waals surface area contributed by atoms with Crippen molar-refractivity contribution in [1.29, 1.82) is 0 Å². The molecule has 2 aromatic rings. The molecule has 1 aliphatic carbocycles. The van der Waals surface area contributed by atoms with Gasteiger partial charge < -0.3 is 20.1 Å². The van der Waals surface area contributed by atoms with Crippen molar-refractivity contribution in [3.05, 3.63) is 59.7 Å². The number of carboxylic acids is 1. The van der Waals surface area contributed by atoms with Crippen molar-refractivity contribution in [2.75, 3.05) is 13.2 Å². The number of alkyl carbamates (subject to hydrolysis) is 1. The van der Waals surface area contributed by atoms with Gasteiger partial charge in [0, 0.05) is 31.0 Å².